The number of hydrogen-bond acceptors (Lipinski definition) is 8. The fourth-order valence-electron chi connectivity index (χ4n) is 3.31. The molecule has 0 aliphatic carbocycles. The normalized spacial score (nSPS) is 17.2. The fraction of sp³-hybridized carbons (Fsp3) is 0.364. The zero-order valence-electron chi connectivity index (χ0n) is 17.5. The van der Waals surface area contributed by atoms with Gasteiger partial charge in [0, 0.05) is 36.3 Å². The van der Waals surface area contributed by atoms with Gasteiger partial charge in [0.05, 0.1) is 26.4 Å². The van der Waals surface area contributed by atoms with Crippen LogP contribution < -0.4 is 20.1 Å². The molecule has 4 rings (SSSR count). The lowest BCUT2D eigenvalue weighted by atomic mass is 10.1. The van der Waals surface area contributed by atoms with Crippen LogP contribution in [0.25, 0.3) is 21.8 Å². The number of nitrogens with one attached hydrogen (secondary N) is 2. The molecule has 1 aliphatic heterocycles. The molecule has 168 valence electrons. The number of nitrogens with zero attached hydrogens (tertiary/aromatic N) is 2. The third-order valence-electron chi connectivity index (χ3n) is 4.74. The highest BCUT2D eigenvalue weighted by Gasteiger charge is 2.20. The predicted octanol–water partition coefficient (Wildman–Crippen LogP) is 0.820. The molecular formula is C22H24N4O6. The van der Waals surface area contributed by atoms with Gasteiger partial charge in [0.2, 0.25) is 0 Å². The van der Waals surface area contributed by atoms with Crippen LogP contribution >= 0.6 is 0 Å². The molecule has 3 aromatic rings. The highest BCUT2D eigenvalue weighted by atomic mass is 16.5. The first-order valence-electron chi connectivity index (χ1n) is 10.3. The van der Waals surface area contributed by atoms with Crippen molar-refractivity contribution in [2.75, 3.05) is 52.7 Å². The molecule has 0 spiro atoms. The molecule has 10 nitrogen and oxygen atoms in total. The molecule has 1 aromatic carbocycles. The van der Waals surface area contributed by atoms with Gasteiger partial charge in [-0.05, 0) is 24.3 Å². The summed E-state index contributed by atoms with van der Waals surface area (Å²) in [5.41, 5.74) is 1.23. The van der Waals surface area contributed by atoms with Crippen molar-refractivity contribution < 1.29 is 28.5 Å². The van der Waals surface area contributed by atoms with Crippen molar-refractivity contribution in [2.45, 2.75) is 0 Å². The molecule has 0 radical (unpaired) electrons. The van der Waals surface area contributed by atoms with Gasteiger partial charge in [-0.1, -0.05) is 0 Å². The largest absolute Gasteiger partial charge is 0.479 e. The van der Waals surface area contributed by atoms with Gasteiger partial charge in [-0.15, -0.1) is 0 Å². The number of carbonyl (C=O) groups is 2. The monoisotopic (exact) mass is 440 g/mol. The molecule has 0 saturated carbocycles. The molecular weight excluding hydrogens is 416 g/mol. The van der Waals surface area contributed by atoms with Crippen molar-refractivity contribution in [3.05, 3.63) is 36.7 Å². The van der Waals surface area contributed by atoms with Gasteiger partial charge >= 0.3 is 0 Å². The molecule has 2 N–H and O–H groups in total. The average molecular weight is 440 g/mol. The number of carbonyl (C=O) groups excluding carboxylic acids is 2. The quantitative estimate of drug-likeness (QED) is 0.493. The van der Waals surface area contributed by atoms with E-state index in [-0.39, 0.29) is 25.0 Å². The summed E-state index contributed by atoms with van der Waals surface area (Å²) < 4.78 is 22.6. The second-order valence-corrected chi connectivity index (χ2v) is 6.96. The van der Waals surface area contributed by atoms with Crippen LogP contribution in [-0.4, -0.2) is 74.5 Å². The minimum atomic E-state index is -0.307. The van der Waals surface area contributed by atoms with Crippen molar-refractivity contribution in [1.82, 2.24) is 20.6 Å². The second-order valence-electron chi connectivity index (χ2n) is 6.96. The Morgan fingerprint density at radius 3 is 1.62 bits per heavy atom. The van der Waals surface area contributed by atoms with Crippen LogP contribution in [0.4, 0.5) is 0 Å². The van der Waals surface area contributed by atoms with Gasteiger partial charge in [0.25, 0.3) is 11.8 Å². The lowest BCUT2D eigenvalue weighted by Gasteiger charge is -2.17. The first-order valence-corrected chi connectivity index (χ1v) is 10.3. The molecule has 10 heteroatoms. The standard InChI is InChI=1S/C22H24N4O6/c27-17-13-31-21-15-3-1-5-25-19(15)20-16(4-2-6-26-20)22(21)32-14-18(28)24-8-10-30-12-11-29-9-7-23-17/h1-6H,7-14H2,(H,23,27)(H,24,28). The van der Waals surface area contributed by atoms with Crippen molar-refractivity contribution in [2.24, 2.45) is 0 Å². The number of amides is 2. The van der Waals surface area contributed by atoms with Gasteiger partial charge in [-0.25, -0.2) is 0 Å². The minimum absolute atomic E-state index is 0.235. The molecule has 0 saturated heterocycles. The molecule has 0 fully saturated rings. The predicted molar refractivity (Wildman–Crippen MR) is 116 cm³/mol. The van der Waals surface area contributed by atoms with Crippen LogP contribution in [0.15, 0.2) is 36.7 Å². The molecule has 2 amide bonds. The van der Waals surface area contributed by atoms with Crippen LogP contribution in [0.2, 0.25) is 0 Å². The Balaban J connectivity index is 1.69. The van der Waals surface area contributed by atoms with E-state index in [4.69, 9.17) is 18.9 Å². The van der Waals surface area contributed by atoms with Gasteiger partial charge in [-0.2, -0.15) is 0 Å². The first kappa shape index (κ1) is 21.7. The molecule has 32 heavy (non-hydrogen) atoms. The number of ether oxygens (including phenoxy) is 4. The number of benzene rings is 1. The Labute approximate surface area is 184 Å². The highest BCUT2D eigenvalue weighted by Crippen LogP contribution is 2.42. The van der Waals surface area contributed by atoms with Gasteiger partial charge in [0.15, 0.2) is 24.7 Å². The number of fused-ring (bicyclic) bond motifs is 6. The summed E-state index contributed by atoms with van der Waals surface area (Å²) in [6.45, 7) is 1.75. The number of rotatable bonds is 0. The molecule has 3 heterocycles. The number of aromatic nitrogens is 2. The molecule has 0 unspecified atom stereocenters. The maximum Gasteiger partial charge on any atom is 0.258 e. The van der Waals surface area contributed by atoms with Crippen LogP contribution in [-0.2, 0) is 19.1 Å². The molecule has 0 bridgehead atoms. The van der Waals surface area contributed by atoms with Crippen molar-refractivity contribution in [3.8, 4) is 11.5 Å². The summed E-state index contributed by atoms with van der Waals surface area (Å²) in [5.74, 6) is 0.0467. The van der Waals surface area contributed by atoms with Crippen molar-refractivity contribution >= 4 is 33.6 Å². The van der Waals surface area contributed by atoms with E-state index in [1.165, 1.54) is 0 Å². The van der Waals surface area contributed by atoms with E-state index in [2.05, 4.69) is 20.6 Å². The zero-order chi connectivity index (χ0) is 22.2. The SMILES string of the molecule is O=C1COc2c(c3cccnc3c3ncccc23)OCC(=O)NCCOCCOCCN1. The van der Waals surface area contributed by atoms with Gasteiger partial charge in [0.1, 0.15) is 11.0 Å². The lowest BCUT2D eigenvalue weighted by molar-refractivity contribution is -0.124. The number of pyridine rings is 2. The second kappa shape index (κ2) is 10.7. The highest BCUT2D eigenvalue weighted by molar-refractivity contribution is 6.10. The van der Waals surface area contributed by atoms with E-state index < -0.39 is 0 Å². The van der Waals surface area contributed by atoms with E-state index in [1.807, 2.05) is 12.1 Å². The first-order chi connectivity index (χ1) is 15.7. The van der Waals surface area contributed by atoms with E-state index in [1.54, 1.807) is 24.5 Å². The topological polar surface area (TPSA) is 121 Å². The van der Waals surface area contributed by atoms with E-state index in [0.717, 1.165) is 0 Å². The van der Waals surface area contributed by atoms with Crippen LogP contribution in [0.1, 0.15) is 0 Å². The van der Waals surface area contributed by atoms with Crippen LogP contribution in [0.3, 0.4) is 0 Å². The molecule has 2 aromatic heterocycles. The van der Waals surface area contributed by atoms with Crippen LogP contribution in [0.5, 0.6) is 11.5 Å². The Morgan fingerprint density at radius 1 is 0.688 bits per heavy atom. The summed E-state index contributed by atoms with van der Waals surface area (Å²) >= 11 is 0. The van der Waals surface area contributed by atoms with Crippen molar-refractivity contribution in [1.29, 1.82) is 0 Å². The third-order valence-corrected chi connectivity index (χ3v) is 4.74. The summed E-state index contributed by atoms with van der Waals surface area (Å²) in [6, 6.07) is 7.15. The zero-order valence-corrected chi connectivity index (χ0v) is 17.5. The summed E-state index contributed by atoms with van der Waals surface area (Å²) in [6.07, 6.45) is 3.32. The summed E-state index contributed by atoms with van der Waals surface area (Å²) in [4.78, 5) is 33.5. The average Bonchev–Trinajstić information content (AvgIpc) is 2.82. The Hall–Kier alpha value is -3.50. The van der Waals surface area contributed by atoms with Gasteiger partial charge < -0.3 is 29.6 Å². The summed E-state index contributed by atoms with van der Waals surface area (Å²) in [5, 5.41) is 6.76. The van der Waals surface area contributed by atoms with E-state index >= 15 is 0 Å². The van der Waals surface area contributed by atoms with Gasteiger partial charge in [-0.3, -0.25) is 19.6 Å². The van der Waals surface area contributed by atoms with Crippen LogP contribution in [0, 0.1) is 0 Å². The Bertz CT molecular complexity index is 1020. The maximum absolute atomic E-state index is 12.3. The fourth-order valence-corrected chi connectivity index (χ4v) is 3.31. The Kier molecular flexibility index (Phi) is 7.26. The van der Waals surface area contributed by atoms with E-state index in [0.29, 0.717) is 72.8 Å². The minimum Gasteiger partial charge on any atom is -0.479 e. The van der Waals surface area contributed by atoms with E-state index in [9.17, 15) is 9.59 Å². The van der Waals surface area contributed by atoms with Crippen molar-refractivity contribution in [3.63, 3.8) is 0 Å². The lowest BCUT2D eigenvalue weighted by Crippen LogP contribution is -2.33. The maximum atomic E-state index is 12.3. The summed E-state index contributed by atoms with van der Waals surface area (Å²) in [7, 11) is 0. The molecule has 0 atom stereocenters. The smallest absolute Gasteiger partial charge is 0.258 e. The Morgan fingerprint density at radius 2 is 1.16 bits per heavy atom. The number of hydrogen-bond donors (Lipinski definition) is 2. The third kappa shape index (κ3) is 5.21. The molecule has 1 aliphatic rings.